The van der Waals surface area contributed by atoms with Crippen LogP contribution in [0.25, 0.3) is 10.9 Å². The molecule has 12 nitrogen and oxygen atoms in total. The van der Waals surface area contributed by atoms with Crippen LogP contribution in [0, 0.1) is 17.2 Å². The van der Waals surface area contributed by atoms with Crippen molar-refractivity contribution in [2.24, 2.45) is 5.92 Å². The maximum atomic E-state index is 14.7. The average molecular weight is 740 g/mol. The van der Waals surface area contributed by atoms with Gasteiger partial charge in [0.2, 0.25) is 5.91 Å². The van der Waals surface area contributed by atoms with Gasteiger partial charge >= 0.3 is 12.2 Å². The van der Waals surface area contributed by atoms with Gasteiger partial charge in [0.1, 0.15) is 12.5 Å². The first-order valence-corrected chi connectivity index (χ1v) is 21.6. The summed E-state index contributed by atoms with van der Waals surface area (Å²) in [7, 11) is 0.751. The summed E-state index contributed by atoms with van der Waals surface area (Å²) in [6.45, 7) is 15.0. The van der Waals surface area contributed by atoms with E-state index in [4.69, 9.17) is 19.4 Å². The largest absolute Gasteiger partial charge is 0.463 e. The van der Waals surface area contributed by atoms with Crippen LogP contribution in [0.4, 0.5) is 24.7 Å². The summed E-state index contributed by atoms with van der Waals surface area (Å²) in [6.07, 6.45) is -0.342. The minimum absolute atomic E-state index is 0.0614. The van der Waals surface area contributed by atoms with E-state index < -0.39 is 19.8 Å². The first-order valence-electron chi connectivity index (χ1n) is 17.9. The van der Waals surface area contributed by atoms with Crippen LogP contribution in [-0.4, -0.2) is 109 Å². The van der Waals surface area contributed by atoms with Gasteiger partial charge in [0.15, 0.2) is 0 Å². The number of nitrogens with zero attached hydrogens (tertiary/aromatic N) is 9. The smallest absolute Gasteiger partial charge is 0.418 e. The number of carbonyl (C=O) groups is 1. The number of halogens is 3. The zero-order valence-corrected chi connectivity index (χ0v) is 31.5. The third-order valence-corrected chi connectivity index (χ3v) is 11.9. The Balaban J connectivity index is 1.34. The van der Waals surface area contributed by atoms with E-state index in [1.54, 1.807) is 14.5 Å². The molecule has 2 aromatic heterocycles. The zero-order valence-electron chi connectivity index (χ0n) is 30.5. The molecule has 2 atom stereocenters. The summed E-state index contributed by atoms with van der Waals surface area (Å²) in [5.41, 5.74) is 1.30. The lowest BCUT2D eigenvalue weighted by atomic mass is 10.00. The normalized spacial score (nSPS) is 19.9. The molecule has 5 heterocycles. The molecule has 3 aliphatic rings. The first-order chi connectivity index (χ1) is 24.8. The van der Waals surface area contributed by atoms with Gasteiger partial charge < -0.3 is 29.1 Å². The van der Waals surface area contributed by atoms with Gasteiger partial charge in [-0.15, -0.1) is 0 Å². The van der Waals surface area contributed by atoms with Crippen molar-refractivity contribution in [3.63, 3.8) is 0 Å². The predicted octanol–water partition coefficient (Wildman–Crippen LogP) is 5.17. The van der Waals surface area contributed by atoms with Gasteiger partial charge in [-0.3, -0.25) is 4.79 Å². The Kier molecular flexibility index (Phi) is 11.1. The molecule has 2 fully saturated rings. The fraction of sp³-hybridized carbons (Fsp3) is 0.583. The first kappa shape index (κ1) is 37.6. The molecule has 1 aromatic carbocycles. The summed E-state index contributed by atoms with van der Waals surface area (Å²) in [6, 6.07) is 5.56. The summed E-state index contributed by atoms with van der Waals surface area (Å²) in [4.78, 5) is 30.0. The number of hydrogen-bond donors (Lipinski definition) is 0. The van der Waals surface area contributed by atoms with Crippen molar-refractivity contribution in [1.82, 2.24) is 29.5 Å². The molecule has 0 saturated carbocycles. The van der Waals surface area contributed by atoms with Crippen molar-refractivity contribution in [3.8, 4) is 12.1 Å². The number of hydrogen-bond acceptors (Lipinski definition) is 10. The number of fused-ring (bicyclic) bond motifs is 2. The van der Waals surface area contributed by atoms with E-state index in [9.17, 15) is 23.2 Å². The fourth-order valence-electron chi connectivity index (χ4n) is 7.34. The van der Waals surface area contributed by atoms with Crippen LogP contribution in [0.1, 0.15) is 29.7 Å². The Labute approximate surface area is 303 Å². The molecule has 2 saturated heterocycles. The highest BCUT2D eigenvalue weighted by Gasteiger charge is 2.39. The summed E-state index contributed by atoms with van der Waals surface area (Å²) in [5, 5.41) is 14.4. The number of alkyl halides is 3. The predicted molar refractivity (Wildman–Crippen MR) is 195 cm³/mol. The molecule has 0 radical (unpaired) electrons. The molecule has 280 valence electrons. The lowest BCUT2D eigenvalue weighted by molar-refractivity contribution is -0.137. The Morgan fingerprint density at radius 1 is 1.13 bits per heavy atom. The molecule has 3 aromatic rings. The minimum atomic E-state index is -4.60. The summed E-state index contributed by atoms with van der Waals surface area (Å²) in [5.74, 6) is 0.706. The fourth-order valence-corrected chi connectivity index (χ4v) is 8.09. The number of likely N-dealkylation sites (tertiary alicyclic amines) is 1. The van der Waals surface area contributed by atoms with E-state index in [1.807, 2.05) is 0 Å². The number of amides is 1. The lowest BCUT2D eigenvalue weighted by Crippen LogP contribution is -2.55. The second-order valence-electron chi connectivity index (χ2n) is 15.2. The van der Waals surface area contributed by atoms with Crippen molar-refractivity contribution in [2.45, 2.75) is 70.4 Å². The SMILES string of the molecule is C=CC(=O)N1CCN(c2nc(OC[C@@H]3CCN(C)C3)nc3c2CCN(c2c(C(F)(F)F)ccc4c2cnn4COCC[Si](C)(C)C)C3)CC1CC#N. The van der Waals surface area contributed by atoms with E-state index in [-0.39, 0.29) is 49.9 Å². The highest BCUT2D eigenvalue weighted by atomic mass is 28.3. The van der Waals surface area contributed by atoms with Gasteiger partial charge in [0, 0.05) is 64.3 Å². The quantitative estimate of drug-likeness (QED) is 0.140. The molecule has 16 heteroatoms. The second kappa shape index (κ2) is 15.4. The van der Waals surface area contributed by atoms with Crippen molar-refractivity contribution < 1.29 is 27.4 Å². The van der Waals surface area contributed by atoms with E-state index in [2.05, 4.69) is 54.2 Å². The highest BCUT2D eigenvalue weighted by Crippen LogP contribution is 2.43. The standard InChI is InChI=1S/C36H48F3N9O3Si/c1-6-32(49)47-16-15-46(21-26(47)9-12-40)34-27-11-14-45(22-30(27)42-35(43-34)51-23-25-10-13-44(2)20-25)33-28-19-41-48(24-50-17-18-52(3,4)5)31(28)8-7-29(33)36(37,38)39/h6-8,19,25-26H,1,9-11,13-18,20-24H2,2-5H3/t25-,26?/m1/s1. The number of aromatic nitrogens is 4. The monoisotopic (exact) mass is 739 g/mol. The average Bonchev–Trinajstić information content (AvgIpc) is 3.72. The second-order valence-corrected chi connectivity index (χ2v) is 20.9. The number of rotatable bonds is 12. The molecule has 3 aliphatic heterocycles. The number of nitriles is 1. The van der Waals surface area contributed by atoms with Crippen LogP contribution in [0.5, 0.6) is 6.01 Å². The van der Waals surface area contributed by atoms with Crippen LogP contribution in [0.15, 0.2) is 31.0 Å². The Hall–Kier alpha value is -4.20. The van der Waals surface area contributed by atoms with Crippen LogP contribution >= 0.6 is 0 Å². The Morgan fingerprint density at radius 2 is 1.94 bits per heavy atom. The molecule has 0 N–H and O–H groups in total. The van der Waals surface area contributed by atoms with Gasteiger partial charge in [-0.2, -0.15) is 33.5 Å². The number of carbonyl (C=O) groups excluding carboxylic acids is 1. The van der Waals surface area contributed by atoms with Crippen LogP contribution in [0.2, 0.25) is 25.7 Å². The van der Waals surface area contributed by atoms with E-state index in [1.165, 1.54) is 18.3 Å². The van der Waals surface area contributed by atoms with E-state index in [0.717, 1.165) is 37.2 Å². The maximum absolute atomic E-state index is 14.7. The molecule has 0 aliphatic carbocycles. The lowest BCUT2D eigenvalue weighted by Gasteiger charge is -2.42. The molecule has 0 bridgehead atoms. The maximum Gasteiger partial charge on any atom is 0.418 e. The Morgan fingerprint density at radius 3 is 2.63 bits per heavy atom. The summed E-state index contributed by atoms with van der Waals surface area (Å²) < 4.78 is 57.7. The van der Waals surface area contributed by atoms with Crippen LogP contribution in [0.3, 0.4) is 0 Å². The third-order valence-electron chi connectivity index (χ3n) is 10.2. The highest BCUT2D eigenvalue weighted by molar-refractivity contribution is 6.76. The number of piperazine rings is 1. The Bertz CT molecular complexity index is 1820. The van der Waals surface area contributed by atoms with Gasteiger partial charge in [-0.1, -0.05) is 26.2 Å². The number of benzene rings is 1. The molecular weight excluding hydrogens is 692 g/mol. The molecule has 1 amide bonds. The molecular formula is C36H48F3N9O3Si. The van der Waals surface area contributed by atoms with Crippen LogP contribution in [-0.2, 0) is 35.4 Å². The van der Waals surface area contributed by atoms with E-state index >= 15 is 0 Å². The van der Waals surface area contributed by atoms with Crippen molar-refractivity contribution >= 4 is 36.4 Å². The number of anilines is 2. The van der Waals surface area contributed by atoms with Gasteiger partial charge in [-0.25, -0.2) is 4.68 Å². The molecule has 0 spiro atoms. The van der Waals surface area contributed by atoms with Crippen molar-refractivity contribution in [2.75, 3.05) is 69.3 Å². The number of ether oxygens (including phenoxy) is 2. The van der Waals surface area contributed by atoms with Crippen LogP contribution < -0.4 is 14.5 Å². The third kappa shape index (κ3) is 8.37. The van der Waals surface area contributed by atoms with Gasteiger partial charge in [0.05, 0.1) is 60.3 Å². The van der Waals surface area contributed by atoms with Crippen molar-refractivity contribution in [1.29, 1.82) is 5.26 Å². The van der Waals surface area contributed by atoms with E-state index in [0.29, 0.717) is 67.6 Å². The minimum Gasteiger partial charge on any atom is -0.463 e. The van der Waals surface area contributed by atoms with Gasteiger partial charge in [0.25, 0.3) is 0 Å². The molecule has 6 rings (SSSR count). The molecule has 1 unspecified atom stereocenters. The molecule has 52 heavy (non-hydrogen) atoms. The zero-order chi connectivity index (χ0) is 37.2. The topological polar surface area (TPSA) is 116 Å². The van der Waals surface area contributed by atoms with Gasteiger partial charge in [-0.05, 0) is 50.7 Å². The van der Waals surface area contributed by atoms with Crippen molar-refractivity contribution in [3.05, 3.63) is 47.8 Å². The summed E-state index contributed by atoms with van der Waals surface area (Å²) >= 11 is 0.